The van der Waals surface area contributed by atoms with Crippen molar-refractivity contribution < 1.29 is 4.79 Å². The van der Waals surface area contributed by atoms with E-state index in [4.69, 9.17) is 12.2 Å². The first kappa shape index (κ1) is 11.3. The molecule has 0 aromatic heterocycles. The molecule has 0 rings (SSSR count). The van der Waals surface area contributed by atoms with Crippen molar-refractivity contribution in [1.82, 2.24) is 5.32 Å². The number of carbonyl (C=O) groups is 1. The van der Waals surface area contributed by atoms with E-state index in [1.54, 1.807) is 11.8 Å². The number of carbonyl (C=O) groups excluding carboxylic acids is 1. The molecule has 0 aliphatic rings. The highest BCUT2D eigenvalue weighted by Gasteiger charge is 2.10. The summed E-state index contributed by atoms with van der Waals surface area (Å²) in [7, 11) is 0. The van der Waals surface area contributed by atoms with Gasteiger partial charge in [-0.25, -0.2) is 0 Å². The third-order valence-corrected chi connectivity index (χ3v) is 1.98. The molecule has 0 saturated heterocycles. The lowest BCUT2D eigenvalue weighted by atomic mass is 10.2. The molecule has 3 nitrogen and oxygen atoms in total. The average Bonchev–Trinajstić information content (AvgIpc) is 2.10. The molecule has 3 N–H and O–H groups in total. The first-order valence-electron chi connectivity index (χ1n) is 3.68. The maximum absolute atomic E-state index is 11.1. The quantitative estimate of drug-likeness (QED) is 0.585. The summed E-state index contributed by atoms with van der Waals surface area (Å²) in [5, 5.41) is 2.53. The van der Waals surface area contributed by atoms with Crippen LogP contribution in [0.1, 0.15) is 6.42 Å². The van der Waals surface area contributed by atoms with Crippen LogP contribution in [0.3, 0.4) is 0 Å². The molecule has 4 heteroatoms. The van der Waals surface area contributed by atoms with E-state index in [-0.39, 0.29) is 12.5 Å². The van der Waals surface area contributed by atoms with Crippen LogP contribution in [0.4, 0.5) is 0 Å². The van der Waals surface area contributed by atoms with Gasteiger partial charge in [0, 0.05) is 0 Å². The van der Waals surface area contributed by atoms with Crippen molar-refractivity contribution in [3.63, 3.8) is 0 Å². The Labute approximate surface area is 77.5 Å². The van der Waals surface area contributed by atoms with Crippen molar-refractivity contribution in [2.24, 2.45) is 5.73 Å². The third-order valence-electron chi connectivity index (χ3n) is 1.33. The normalized spacial score (nSPS) is 11.8. The molecular weight excluding hydrogens is 172 g/mol. The second kappa shape index (κ2) is 7.01. The van der Waals surface area contributed by atoms with Gasteiger partial charge in [0.2, 0.25) is 5.91 Å². The van der Waals surface area contributed by atoms with Gasteiger partial charge in [0.25, 0.3) is 0 Å². The molecule has 0 spiro atoms. The van der Waals surface area contributed by atoms with E-state index in [0.717, 1.165) is 5.75 Å². The van der Waals surface area contributed by atoms with Gasteiger partial charge in [0.05, 0.1) is 12.6 Å². The minimum atomic E-state index is -0.425. The fourth-order valence-electron chi connectivity index (χ4n) is 0.645. The molecule has 0 unspecified atom stereocenters. The summed E-state index contributed by atoms with van der Waals surface area (Å²) in [6.07, 6.45) is 7.64. The molecule has 0 aromatic rings. The molecular formula is C8H14N2OS. The number of rotatable bonds is 5. The van der Waals surface area contributed by atoms with Gasteiger partial charge in [-0.15, -0.1) is 6.42 Å². The summed E-state index contributed by atoms with van der Waals surface area (Å²) in [5.41, 5.74) is 5.55. The summed E-state index contributed by atoms with van der Waals surface area (Å²) in [6.45, 7) is 0.256. The largest absolute Gasteiger partial charge is 0.344 e. The molecule has 68 valence electrons. The predicted octanol–water partition coefficient (Wildman–Crippen LogP) is -0.184. The molecule has 0 bridgehead atoms. The Morgan fingerprint density at radius 2 is 2.50 bits per heavy atom. The van der Waals surface area contributed by atoms with Gasteiger partial charge in [-0.2, -0.15) is 11.8 Å². The third kappa shape index (κ3) is 5.05. The zero-order valence-electron chi connectivity index (χ0n) is 7.17. The highest BCUT2D eigenvalue weighted by molar-refractivity contribution is 7.98. The lowest BCUT2D eigenvalue weighted by Crippen LogP contribution is -2.41. The zero-order chi connectivity index (χ0) is 9.40. The van der Waals surface area contributed by atoms with Crippen molar-refractivity contribution in [3.05, 3.63) is 0 Å². The number of hydrogen-bond acceptors (Lipinski definition) is 3. The van der Waals surface area contributed by atoms with Gasteiger partial charge in [0.1, 0.15) is 0 Å². The molecule has 0 radical (unpaired) electrons. The Bertz CT molecular complexity index is 176. The molecule has 0 fully saturated rings. The Hall–Kier alpha value is -0.660. The van der Waals surface area contributed by atoms with Crippen molar-refractivity contribution in [3.8, 4) is 12.3 Å². The summed E-state index contributed by atoms with van der Waals surface area (Å²) >= 11 is 1.67. The highest BCUT2D eigenvalue weighted by atomic mass is 32.2. The predicted molar refractivity (Wildman–Crippen MR) is 52.8 cm³/mol. The van der Waals surface area contributed by atoms with Crippen LogP contribution in [0, 0.1) is 12.3 Å². The van der Waals surface area contributed by atoms with Crippen LogP contribution in [0.5, 0.6) is 0 Å². The Balaban J connectivity index is 3.55. The molecule has 0 saturated carbocycles. The number of thioether (sulfide) groups is 1. The van der Waals surface area contributed by atoms with Crippen molar-refractivity contribution in [2.45, 2.75) is 12.5 Å². The zero-order valence-corrected chi connectivity index (χ0v) is 7.99. The van der Waals surface area contributed by atoms with Crippen LogP contribution in [-0.4, -0.2) is 30.5 Å². The van der Waals surface area contributed by atoms with Gasteiger partial charge < -0.3 is 11.1 Å². The second-order valence-corrected chi connectivity index (χ2v) is 3.30. The van der Waals surface area contributed by atoms with Gasteiger partial charge in [0.15, 0.2) is 0 Å². The van der Waals surface area contributed by atoms with Crippen LogP contribution < -0.4 is 11.1 Å². The number of amides is 1. The summed E-state index contributed by atoms with van der Waals surface area (Å²) in [5.74, 6) is 3.05. The van der Waals surface area contributed by atoms with E-state index >= 15 is 0 Å². The number of nitrogens with two attached hydrogens (primary N) is 1. The summed E-state index contributed by atoms with van der Waals surface area (Å²) in [4.78, 5) is 11.1. The van der Waals surface area contributed by atoms with Gasteiger partial charge in [-0.1, -0.05) is 5.92 Å². The van der Waals surface area contributed by atoms with Crippen LogP contribution in [0.2, 0.25) is 0 Å². The fourth-order valence-corrected chi connectivity index (χ4v) is 1.13. The van der Waals surface area contributed by atoms with E-state index in [2.05, 4.69) is 11.2 Å². The first-order chi connectivity index (χ1) is 5.72. The molecule has 12 heavy (non-hydrogen) atoms. The van der Waals surface area contributed by atoms with E-state index in [1.165, 1.54) is 0 Å². The lowest BCUT2D eigenvalue weighted by Gasteiger charge is -2.09. The van der Waals surface area contributed by atoms with Crippen LogP contribution in [0.25, 0.3) is 0 Å². The minimum Gasteiger partial charge on any atom is -0.344 e. The second-order valence-electron chi connectivity index (χ2n) is 2.31. The van der Waals surface area contributed by atoms with E-state index in [1.807, 2.05) is 6.26 Å². The molecule has 0 aliphatic heterocycles. The number of hydrogen-bond donors (Lipinski definition) is 2. The van der Waals surface area contributed by atoms with Crippen molar-refractivity contribution >= 4 is 17.7 Å². The van der Waals surface area contributed by atoms with E-state index < -0.39 is 6.04 Å². The molecule has 1 atom stereocenters. The topological polar surface area (TPSA) is 55.1 Å². The summed E-state index contributed by atoms with van der Waals surface area (Å²) in [6, 6.07) is -0.425. The van der Waals surface area contributed by atoms with Crippen LogP contribution >= 0.6 is 11.8 Å². The Morgan fingerprint density at radius 3 is 3.00 bits per heavy atom. The van der Waals surface area contributed by atoms with E-state index in [0.29, 0.717) is 6.42 Å². The lowest BCUT2D eigenvalue weighted by molar-refractivity contribution is -0.122. The number of nitrogens with one attached hydrogen (secondary N) is 1. The van der Waals surface area contributed by atoms with Gasteiger partial charge >= 0.3 is 0 Å². The SMILES string of the molecule is C#CCNC(=O)[C@@H](N)CCSC. The van der Waals surface area contributed by atoms with Crippen molar-refractivity contribution in [1.29, 1.82) is 0 Å². The van der Waals surface area contributed by atoms with E-state index in [9.17, 15) is 4.79 Å². The average molecular weight is 186 g/mol. The molecule has 1 amide bonds. The van der Waals surface area contributed by atoms with Crippen LogP contribution in [0.15, 0.2) is 0 Å². The molecule has 0 heterocycles. The monoisotopic (exact) mass is 186 g/mol. The molecule has 0 aromatic carbocycles. The Kier molecular flexibility index (Phi) is 6.63. The maximum Gasteiger partial charge on any atom is 0.237 e. The first-order valence-corrected chi connectivity index (χ1v) is 5.07. The number of terminal acetylenes is 1. The maximum atomic E-state index is 11.1. The van der Waals surface area contributed by atoms with Crippen LogP contribution in [-0.2, 0) is 4.79 Å². The highest BCUT2D eigenvalue weighted by Crippen LogP contribution is 1.98. The van der Waals surface area contributed by atoms with Gasteiger partial charge in [-0.05, 0) is 18.4 Å². The standard InChI is InChI=1S/C8H14N2OS/c1-3-5-10-8(11)7(9)4-6-12-2/h1,7H,4-6,9H2,2H3,(H,10,11)/t7-/m0/s1. The fraction of sp³-hybridized carbons (Fsp3) is 0.625. The minimum absolute atomic E-state index is 0.165. The Morgan fingerprint density at radius 1 is 1.83 bits per heavy atom. The smallest absolute Gasteiger partial charge is 0.237 e. The van der Waals surface area contributed by atoms with Crippen molar-refractivity contribution in [2.75, 3.05) is 18.6 Å². The van der Waals surface area contributed by atoms with Gasteiger partial charge in [-0.3, -0.25) is 4.79 Å². The molecule has 0 aliphatic carbocycles. The summed E-state index contributed by atoms with van der Waals surface area (Å²) < 4.78 is 0.